The van der Waals surface area contributed by atoms with Gasteiger partial charge in [-0.2, -0.15) is 0 Å². The van der Waals surface area contributed by atoms with E-state index in [2.05, 4.69) is 27.9 Å². The molecule has 1 unspecified atom stereocenters. The number of nitrogen functional groups attached to an aromatic ring is 1. The second-order valence-electron chi connectivity index (χ2n) is 8.77. The van der Waals surface area contributed by atoms with Crippen LogP contribution in [-0.4, -0.2) is 38.3 Å². The van der Waals surface area contributed by atoms with E-state index in [0.29, 0.717) is 11.6 Å². The first-order valence-electron chi connectivity index (χ1n) is 12.2. The van der Waals surface area contributed by atoms with E-state index in [0.717, 1.165) is 78.6 Å². The van der Waals surface area contributed by atoms with Gasteiger partial charge in [-0.15, -0.1) is 0 Å². The van der Waals surface area contributed by atoms with Crippen LogP contribution in [0.1, 0.15) is 44.5 Å². The molecule has 184 valence electrons. The summed E-state index contributed by atoms with van der Waals surface area (Å²) >= 11 is 0. The molecule has 0 radical (unpaired) electrons. The summed E-state index contributed by atoms with van der Waals surface area (Å²) in [4.78, 5) is 20.4. The molecule has 4 N–H and O–H groups in total. The molecule has 0 saturated heterocycles. The van der Waals surface area contributed by atoms with Crippen LogP contribution in [0.2, 0.25) is 0 Å². The van der Waals surface area contributed by atoms with Crippen molar-refractivity contribution in [2.45, 2.75) is 58.7 Å². The van der Waals surface area contributed by atoms with E-state index in [4.69, 9.17) is 20.6 Å². The number of imidazole rings is 1. The number of para-hydroxylation sites is 1. The Labute approximate surface area is 205 Å². The molecule has 0 saturated carbocycles. The zero-order valence-corrected chi connectivity index (χ0v) is 20.3. The SMILES string of the molecule is CCCCc1nc2c(N)nc3ccccc3c2n1CCCNCc1ccc(OC(C)C(=O)O)cc1. The molecule has 0 fully saturated rings. The number of pyridine rings is 1. The number of carboxylic acid groups (broad SMARTS) is 1. The van der Waals surface area contributed by atoms with Crippen molar-refractivity contribution in [3.63, 3.8) is 0 Å². The van der Waals surface area contributed by atoms with E-state index in [-0.39, 0.29) is 0 Å². The number of carboxylic acids is 1. The van der Waals surface area contributed by atoms with Crippen molar-refractivity contribution in [2.24, 2.45) is 0 Å². The predicted octanol–water partition coefficient (Wildman–Crippen LogP) is 4.54. The fraction of sp³-hybridized carbons (Fsp3) is 0.370. The average Bonchev–Trinajstić information content (AvgIpc) is 3.22. The highest BCUT2D eigenvalue weighted by Crippen LogP contribution is 2.29. The molecule has 2 aromatic heterocycles. The molecule has 4 rings (SSSR count). The minimum Gasteiger partial charge on any atom is -0.479 e. The molecular formula is C27H33N5O3. The van der Waals surface area contributed by atoms with Gasteiger partial charge >= 0.3 is 5.97 Å². The third kappa shape index (κ3) is 5.71. The number of fused-ring (bicyclic) bond motifs is 3. The first-order chi connectivity index (χ1) is 17.0. The monoisotopic (exact) mass is 475 g/mol. The van der Waals surface area contributed by atoms with Crippen molar-refractivity contribution >= 4 is 33.7 Å². The number of ether oxygens (including phenoxy) is 1. The first-order valence-corrected chi connectivity index (χ1v) is 12.2. The first kappa shape index (κ1) is 24.5. The molecule has 35 heavy (non-hydrogen) atoms. The van der Waals surface area contributed by atoms with Gasteiger partial charge in [0.05, 0.1) is 11.0 Å². The van der Waals surface area contributed by atoms with Gasteiger partial charge in [0.25, 0.3) is 0 Å². The topological polar surface area (TPSA) is 115 Å². The maximum Gasteiger partial charge on any atom is 0.344 e. The summed E-state index contributed by atoms with van der Waals surface area (Å²) in [7, 11) is 0. The van der Waals surface area contributed by atoms with Crippen molar-refractivity contribution in [3.8, 4) is 5.75 Å². The lowest BCUT2D eigenvalue weighted by Gasteiger charge is -2.12. The van der Waals surface area contributed by atoms with E-state index in [1.807, 2.05) is 30.3 Å². The normalized spacial score (nSPS) is 12.3. The number of rotatable bonds is 12. The largest absolute Gasteiger partial charge is 0.479 e. The fourth-order valence-corrected chi connectivity index (χ4v) is 4.21. The van der Waals surface area contributed by atoms with Gasteiger partial charge < -0.3 is 25.5 Å². The van der Waals surface area contributed by atoms with Crippen LogP contribution >= 0.6 is 0 Å². The van der Waals surface area contributed by atoms with Crippen LogP contribution in [0, 0.1) is 0 Å². The van der Waals surface area contributed by atoms with Gasteiger partial charge in [0.2, 0.25) is 0 Å². The van der Waals surface area contributed by atoms with Crippen molar-refractivity contribution in [3.05, 3.63) is 59.9 Å². The van der Waals surface area contributed by atoms with Crippen molar-refractivity contribution in [1.29, 1.82) is 0 Å². The third-order valence-electron chi connectivity index (χ3n) is 6.09. The number of benzene rings is 2. The molecule has 0 aliphatic rings. The Bertz CT molecular complexity index is 1300. The standard InChI is InChI=1S/C27H33N5O3/c1-3-4-10-23-31-24-25(21-8-5-6-9-22(21)30-26(24)28)32(23)16-7-15-29-17-19-11-13-20(14-12-19)35-18(2)27(33)34/h5-6,8-9,11-14,18,29H,3-4,7,10,15-17H2,1-2H3,(H2,28,30)(H,33,34). The van der Waals surface area contributed by atoms with Crippen LogP contribution in [0.4, 0.5) is 5.82 Å². The number of nitrogens with zero attached hydrogens (tertiary/aromatic N) is 3. The molecule has 1 atom stereocenters. The number of unbranched alkanes of at least 4 members (excludes halogenated alkanes) is 1. The number of aliphatic carboxylic acids is 1. The van der Waals surface area contributed by atoms with Crippen molar-refractivity contribution < 1.29 is 14.6 Å². The minimum absolute atomic E-state index is 0.485. The van der Waals surface area contributed by atoms with Crippen LogP contribution in [0.5, 0.6) is 5.75 Å². The Morgan fingerprint density at radius 3 is 2.66 bits per heavy atom. The van der Waals surface area contributed by atoms with Crippen LogP contribution in [0.3, 0.4) is 0 Å². The molecule has 0 amide bonds. The summed E-state index contributed by atoms with van der Waals surface area (Å²) in [5.41, 5.74) is 10.2. The number of aromatic nitrogens is 3. The number of anilines is 1. The quantitative estimate of drug-likeness (QED) is 0.258. The van der Waals surface area contributed by atoms with Gasteiger partial charge in [0.15, 0.2) is 11.9 Å². The summed E-state index contributed by atoms with van der Waals surface area (Å²) in [6, 6.07) is 15.6. The highest BCUT2D eigenvalue weighted by Gasteiger charge is 2.17. The number of aryl methyl sites for hydroxylation is 2. The van der Waals surface area contributed by atoms with Crippen LogP contribution < -0.4 is 15.8 Å². The second kappa shape index (κ2) is 11.2. The summed E-state index contributed by atoms with van der Waals surface area (Å²) in [6.07, 6.45) is 3.18. The Morgan fingerprint density at radius 2 is 1.91 bits per heavy atom. The maximum atomic E-state index is 10.9. The third-order valence-corrected chi connectivity index (χ3v) is 6.09. The average molecular weight is 476 g/mol. The Kier molecular flexibility index (Phi) is 7.82. The van der Waals surface area contributed by atoms with Crippen LogP contribution in [-0.2, 0) is 24.3 Å². The lowest BCUT2D eigenvalue weighted by molar-refractivity contribution is -0.144. The maximum absolute atomic E-state index is 10.9. The molecular weight excluding hydrogens is 442 g/mol. The fourth-order valence-electron chi connectivity index (χ4n) is 4.21. The highest BCUT2D eigenvalue weighted by atomic mass is 16.5. The van der Waals surface area contributed by atoms with E-state index >= 15 is 0 Å². The summed E-state index contributed by atoms with van der Waals surface area (Å²) in [5, 5.41) is 13.5. The molecule has 8 heteroatoms. The molecule has 2 heterocycles. The zero-order chi connectivity index (χ0) is 24.8. The van der Waals surface area contributed by atoms with Crippen molar-refractivity contribution in [2.75, 3.05) is 12.3 Å². The Hall–Kier alpha value is -3.65. The minimum atomic E-state index is -0.980. The molecule has 0 aliphatic carbocycles. The smallest absolute Gasteiger partial charge is 0.344 e. The van der Waals surface area contributed by atoms with Crippen LogP contribution in [0.25, 0.3) is 21.9 Å². The lowest BCUT2D eigenvalue weighted by atomic mass is 10.2. The van der Waals surface area contributed by atoms with Gasteiger partial charge in [-0.1, -0.05) is 43.7 Å². The van der Waals surface area contributed by atoms with Gasteiger partial charge in [-0.05, 0) is 50.1 Å². The van der Waals surface area contributed by atoms with Crippen molar-refractivity contribution in [1.82, 2.24) is 19.9 Å². The molecule has 2 aromatic carbocycles. The number of nitrogens with two attached hydrogens (primary N) is 1. The number of nitrogens with one attached hydrogen (secondary N) is 1. The number of hydrogen-bond donors (Lipinski definition) is 3. The van der Waals surface area contributed by atoms with Crippen LogP contribution in [0.15, 0.2) is 48.5 Å². The molecule has 0 spiro atoms. The molecule has 0 bridgehead atoms. The van der Waals surface area contributed by atoms with E-state index in [1.54, 1.807) is 12.1 Å². The van der Waals surface area contributed by atoms with Gasteiger partial charge in [0.1, 0.15) is 17.1 Å². The molecule has 4 aromatic rings. The molecule has 0 aliphatic heterocycles. The Balaban J connectivity index is 1.41. The summed E-state index contributed by atoms with van der Waals surface area (Å²) < 4.78 is 7.71. The number of hydrogen-bond acceptors (Lipinski definition) is 6. The summed E-state index contributed by atoms with van der Waals surface area (Å²) in [5.74, 6) is 1.12. The lowest BCUT2D eigenvalue weighted by Crippen LogP contribution is -2.22. The van der Waals surface area contributed by atoms with E-state index in [1.165, 1.54) is 6.92 Å². The van der Waals surface area contributed by atoms with Gasteiger partial charge in [0, 0.05) is 24.9 Å². The second-order valence-corrected chi connectivity index (χ2v) is 8.77. The Morgan fingerprint density at radius 1 is 1.14 bits per heavy atom. The number of carbonyl (C=O) groups is 1. The van der Waals surface area contributed by atoms with E-state index in [9.17, 15) is 4.79 Å². The molecule has 8 nitrogen and oxygen atoms in total. The van der Waals surface area contributed by atoms with Gasteiger partial charge in [-0.3, -0.25) is 0 Å². The van der Waals surface area contributed by atoms with E-state index < -0.39 is 12.1 Å². The predicted molar refractivity (Wildman–Crippen MR) is 139 cm³/mol. The highest BCUT2D eigenvalue weighted by molar-refractivity contribution is 6.06. The van der Waals surface area contributed by atoms with Gasteiger partial charge in [-0.25, -0.2) is 14.8 Å². The summed E-state index contributed by atoms with van der Waals surface area (Å²) in [6.45, 7) is 6.12. The zero-order valence-electron chi connectivity index (χ0n) is 20.3.